The molecule has 3 nitrogen and oxygen atoms in total. The Morgan fingerprint density at radius 2 is 1.62 bits per heavy atom. The van der Waals surface area contributed by atoms with E-state index >= 15 is 0 Å². The minimum absolute atomic E-state index is 0.0477. The van der Waals surface area contributed by atoms with Gasteiger partial charge in [0.15, 0.2) is 0 Å². The highest BCUT2D eigenvalue weighted by atomic mass is 35.5. The van der Waals surface area contributed by atoms with Crippen LogP contribution < -0.4 is 4.72 Å². The van der Waals surface area contributed by atoms with Crippen LogP contribution in [0.3, 0.4) is 0 Å². The van der Waals surface area contributed by atoms with Crippen LogP contribution in [0.4, 0.5) is 18.9 Å². The van der Waals surface area contributed by atoms with Crippen molar-refractivity contribution in [1.82, 2.24) is 0 Å². The Bertz CT molecular complexity index is 746. The van der Waals surface area contributed by atoms with Crippen LogP contribution in [0, 0.1) is 0 Å². The summed E-state index contributed by atoms with van der Waals surface area (Å²) in [4.78, 5) is -0.0477. The number of sulfonamides is 1. The predicted octanol–water partition coefficient (Wildman–Crippen LogP) is 4.16. The first-order chi connectivity index (χ1) is 9.70. The van der Waals surface area contributed by atoms with E-state index in [1.807, 2.05) is 0 Å². The fourth-order valence-electron chi connectivity index (χ4n) is 1.62. The van der Waals surface area contributed by atoms with Crippen molar-refractivity contribution in [1.29, 1.82) is 0 Å². The standard InChI is InChI=1S/C13H9ClF3NO2S/c14-12-7-6-9(8-11(12)13(15,16)17)18-21(19,20)10-4-2-1-3-5-10/h1-8,18H. The van der Waals surface area contributed by atoms with Crippen molar-refractivity contribution in [2.75, 3.05) is 4.72 Å². The summed E-state index contributed by atoms with van der Waals surface area (Å²) in [7, 11) is -3.95. The second-order valence-electron chi connectivity index (χ2n) is 4.11. The van der Waals surface area contributed by atoms with Gasteiger partial charge in [0.25, 0.3) is 10.0 Å². The Kier molecular flexibility index (Phi) is 4.15. The third kappa shape index (κ3) is 3.68. The summed E-state index contributed by atoms with van der Waals surface area (Å²) < 4.78 is 64.3. The maximum absolute atomic E-state index is 12.7. The van der Waals surface area contributed by atoms with Gasteiger partial charge in [-0.05, 0) is 30.3 Å². The molecule has 0 fully saturated rings. The van der Waals surface area contributed by atoms with E-state index in [0.29, 0.717) is 6.07 Å². The van der Waals surface area contributed by atoms with E-state index in [9.17, 15) is 21.6 Å². The molecular weight excluding hydrogens is 327 g/mol. The summed E-state index contributed by atoms with van der Waals surface area (Å²) >= 11 is 5.47. The summed E-state index contributed by atoms with van der Waals surface area (Å²) in [6.07, 6.45) is -4.66. The zero-order chi connectivity index (χ0) is 15.7. The van der Waals surface area contributed by atoms with Crippen LogP contribution in [0.25, 0.3) is 0 Å². The summed E-state index contributed by atoms with van der Waals surface area (Å²) in [6.45, 7) is 0. The summed E-state index contributed by atoms with van der Waals surface area (Å²) in [6, 6.07) is 10.1. The minimum atomic E-state index is -4.66. The quantitative estimate of drug-likeness (QED) is 0.915. The van der Waals surface area contributed by atoms with Gasteiger partial charge < -0.3 is 0 Å². The van der Waals surface area contributed by atoms with Crippen LogP contribution in [-0.4, -0.2) is 8.42 Å². The Morgan fingerprint density at radius 1 is 1.00 bits per heavy atom. The molecule has 0 amide bonds. The molecule has 0 saturated carbocycles. The lowest BCUT2D eigenvalue weighted by Crippen LogP contribution is -2.14. The van der Waals surface area contributed by atoms with Gasteiger partial charge in [-0.2, -0.15) is 13.2 Å². The number of hydrogen-bond donors (Lipinski definition) is 1. The van der Waals surface area contributed by atoms with E-state index in [1.165, 1.54) is 24.3 Å². The molecule has 8 heteroatoms. The first-order valence-electron chi connectivity index (χ1n) is 5.65. The average Bonchev–Trinajstić information content (AvgIpc) is 2.40. The van der Waals surface area contributed by atoms with Gasteiger partial charge in [-0.3, -0.25) is 4.72 Å². The van der Waals surface area contributed by atoms with Gasteiger partial charge >= 0.3 is 6.18 Å². The molecule has 0 aliphatic carbocycles. The summed E-state index contributed by atoms with van der Waals surface area (Å²) in [5.74, 6) is 0. The number of rotatable bonds is 3. The number of nitrogens with one attached hydrogen (secondary N) is 1. The molecule has 0 atom stereocenters. The van der Waals surface area contributed by atoms with Crippen LogP contribution in [0.1, 0.15) is 5.56 Å². The Balaban J connectivity index is 2.37. The van der Waals surface area contributed by atoms with Crippen LogP contribution in [0.5, 0.6) is 0 Å². The van der Waals surface area contributed by atoms with E-state index in [2.05, 4.69) is 4.72 Å². The number of alkyl halides is 3. The lowest BCUT2D eigenvalue weighted by atomic mass is 10.2. The zero-order valence-electron chi connectivity index (χ0n) is 10.4. The highest BCUT2D eigenvalue weighted by Crippen LogP contribution is 2.36. The van der Waals surface area contributed by atoms with Crippen LogP contribution in [-0.2, 0) is 16.2 Å². The lowest BCUT2D eigenvalue weighted by molar-refractivity contribution is -0.137. The Morgan fingerprint density at radius 3 is 2.19 bits per heavy atom. The largest absolute Gasteiger partial charge is 0.417 e. The molecule has 0 saturated heterocycles. The normalized spacial score (nSPS) is 12.2. The topological polar surface area (TPSA) is 46.2 Å². The van der Waals surface area contributed by atoms with Crippen LogP contribution in [0.15, 0.2) is 53.4 Å². The van der Waals surface area contributed by atoms with Crippen LogP contribution in [0.2, 0.25) is 5.02 Å². The summed E-state index contributed by atoms with van der Waals surface area (Å²) in [5, 5.41) is -0.495. The molecule has 2 aromatic carbocycles. The smallest absolute Gasteiger partial charge is 0.280 e. The fraction of sp³-hybridized carbons (Fsp3) is 0.0769. The van der Waals surface area contributed by atoms with E-state index in [0.717, 1.165) is 12.1 Å². The van der Waals surface area contributed by atoms with E-state index < -0.39 is 26.8 Å². The second-order valence-corrected chi connectivity index (χ2v) is 6.20. The highest BCUT2D eigenvalue weighted by Gasteiger charge is 2.33. The van der Waals surface area contributed by atoms with Crippen molar-refractivity contribution in [2.45, 2.75) is 11.1 Å². The summed E-state index contributed by atoms with van der Waals surface area (Å²) in [5.41, 5.74) is -1.31. The van der Waals surface area contributed by atoms with E-state index in [1.54, 1.807) is 6.07 Å². The molecule has 0 heterocycles. The van der Waals surface area contributed by atoms with Gasteiger partial charge in [0.1, 0.15) is 0 Å². The number of hydrogen-bond acceptors (Lipinski definition) is 2. The Hall–Kier alpha value is -1.73. The second kappa shape index (κ2) is 5.57. The van der Waals surface area contributed by atoms with Crippen molar-refractivity contribution in [3.05, 3.63) is 59.1 Å². The molecule has 2 rings (SSSR count). The fourth-order valence-corrected chi connectivity index (χ4v) is 2.91. The lowest BCUT2D eigenvalue weighted by Gasteiger charge is -2.12. The van der Waals surface area contributed by atoms with E-state index in [4.69, 9.17) is 11.6 Å². The molecule has 112 valence electrons. The van der Waals surface area contributed by atoms with Gasteiger partial charge in [-0.1, -0.05) is 29.8 Å². The Labute approximate surface area is 124 Å². The van der Waals surface area contributed by atoms with E-state index in [-0.39, 0.29) is 10.6 Å². The molecule has 0 aliphatic heterocycles. The third-order valence-corrected chi connectivity index (χ3v) is 4.30. The van der Waals surface area contributed by atoms with Crippen molar-refractivity contribution in [3.8, 4) is 0 Å². The van der Waals surface area contributed by atoms with Gasteiger partial charge in [-0.15, -0.1) is 0 Å². The molecule has 2 aromatic rings. The first kappa shape index (κ1) is 15.7. The van der Waals surface area contributed by atoms with Crippen molar-refractivity contribution in [2.24, 2.45) is 0 Å². The van der Waals surface area contributed by atoms with Crippen LogP contribution >= 0.6 is 11.6 Å². The maximum Gasteiger partial charge on any atom is 0.417 e. The number of halogens is 4. The molecule has 0 bridgehead atoms. The number of anilines is 1. The van der Waals surface area contributed by atoms with Crippen molar-refractivity contribution >= 4 is 27.3 Å². The van der Waals surface area contributed by atoms with Crippen molar-refractivity contribution < 1.29 is 21.6 Å². The maximum atomic E-state index is 12.7. The molecule has 0 unspecified atom stereocenters. The molecule has 0 aromatic heterocycles. The molecule has 21 heavy (non-hydrogen) atoms. The van der Waals surface area contributed by atoms with Gasteiger partial charge in [0.2, 0.25) is 0 Å². The minimum Gasteiger partial charge on any atom is -0.280 e. The monoisotopic (exact) mass is 335 g/mol. The molecule has 0 aliphatic rings. The molecule has 1 N–H and O–H groups in total. The van der Waals surface area contributed by atoms with Gasteiger partial charge in [0, 0.05) is 5.69 Å². The molecular formula is C13H9ClF3NO2S. The van der Waals surface area contributed by atoms with Gasteiger partial charge in [0.05, 0.1) is 15.5 Å². The molecule has 0 spiro atoms. The van der Waals surface area contributed by atoms with Gasteiger partial charge in [-0.25, -0.2) is 8.42 Å². The number of benzene rings is 2. The van der Waals surface area contributed by atoms with Crippen molar-refractivity contribution in [3.63, 3.8) is 0 Å². The average molecular weight is 336 g/mol. The SMILES string of the molecule is O=S(=O)(Nc1ccc(Cl)c(C(F)(F)F)c1)c1ccccc1. The molecule has 0 radical (unpaired) electrons. The highest BCUT2D eigenvalue weighted by molar-refractivity contribution is 7.92. The zero-order valence-corrected chi connectivity index (χ0v) is 11.9. The first-order valence-corrected chi connectivity index (χ1v) is 7.51. The predicted molar refractivity (Wildman–Crippen MR) is 73.7 cm³/mol. The third-order valence-electron chi connectivity index (χ3n) is 2.58.